The molecule has 2 heterocycles. The average molecular weight is 471 g/mol. The number of aryl methyl sites for hydroxylation is 2. The van der Waals surface area contributed by atoms with Crippen molar-refractivity contribution < 1.29 is 19.7 Å². The zero-order chi connectivity index (χ0) is 25.2. The molecule has 0 aliphatic heterocycles. The second-order valence-electron chi connectivity index (χ2n) is 9.07. The Balaban J connectivity index is 1.98. The molecule has 0 radical (unpaired) electrons. The van der Waals surface area contributed by atoms with Crippen LogP contribution in [0.25, 0.3) is 22.4 Å². The van der Waals surface area contributed by atoms with Gasteiger partial charge in [0.2, 0.25) is 0 Å². The van der Waals surface area contributed by atoms with Crippen LogP contribution < -0.4 is 10.9 Å². The van der Waals surface area contributed by atoms with E-state index < -0.39 is 18.1 Å². The van der Waals surface area contributed by atoms with E-state index in [1.165, 1.54) is 4.57 Å². The molecule has 34 heavy (non-hydrogen) atoms. The van der Waals surface area contributed by atoms with Crippen LogP contribution in [-0.4, -0.2) is 55.2 Å². The van der Waals surface area contributed by atoms with Crippen molar-refractivity contribution in [2.24, 2.45) is 7.05 Å². The second kappa shape index (κ2) is 10.5. The number of fused-ring (bicyclic) bond motifs is 1. The van der Waals surface area contributed by atoms with E-state index in [4.69, 9.17) is 9.72 Å². The fourth-order valence-corrected chi connectivity index (χ4v) is 3.97. The quantitative estimate of drug-likeness (QED) is 0.410. The lowest BCUT2D eigenvalue weighted by Crippen LogP contribution is -2.46. The summed E-state index contributed by atoms with van der Waals surface area (Å²) in [5.41, 5.74) is 3.76. The maximum absolute atomic E-state index is 12.3. The van der Waals surface area contributed by atoms with Gasteiger partial charge in [0.05, 0.1) is 35.9 Å². The molecule has 1 aromatic carbocycles. The molecule has 0 bridgehead atoms. The van der Waals surface area contributed by atoms with Gasteiger partial charge in [-0.1, -0.05) is 6.07 Å². The van der Waals surface area contributed by atoms with E-state index in [0.29, 0.717) is 17.9 Å². The Hall–Kier alpha value is -3.01. The normalized spacial score (nSPS) is 14.4. The van der Waals surface area contributed by atoms with Gasteiger partial charge in [-0.15, -0.1) is 0 Å². The van der Waals surface area contributed by atoms with Gasteiger partial charge in [-0.2, -0.15) is 0 Å². The Morgan fingerprint density at radius 2 is 1.91 bits per heavy atom. The number of rotatable bonds is 9. The largest absolute Gasteiger partial charge is 0.462 e. The minimum Gasteiger partial charge on any atom is -0.462 e. The van der Waals surface area contributed by atoms with Crippen LogP contribution in [0, 0.1) is 6.92 Å². The first-order valence-corrected chi connectivity index (χ1v) is 11.4. The number of esters is 1. The molecule has 2 aromatic heterocycles. The first kappa shape index (κ1) is 25.6. The first-order chi connectivity index (χ1) is 16.0. The first-order valence-electron chi connectivity index (χ1n) is 11.4. The number of hydrogen-bond donors (Lipinski definition) is 3. The number of carbonyl (C=O) groups is 1. The Bertz CT molecular complexity index is 1200. The molecule has 0 fully saturated rings. The second-order valence-corrected chi connectivity index (χ2v) is 9.07. The Labute approximate surface area is 199 Å². The number of hydrogen-bond acceptors (Lipinski definition) is 7. The summed E-state index contributed by atoms with van der Waals surface area (Å²) in [6.45, 7) is 9.00. The van der Waals surface area contributed by atoms with Gasteiger partial charge in [-0.05, 0) is 58.4 Å². The number of aliphatic hydroxyl groups excluding tert-OH is 2. The zero-order valence-corrected chi connectivity index (χ0v) is 20.6. The van der Waals surface area contributed by atoms with Crippen molar-refractivity contribution in [3.8, 4) is 11.4 Å². The molecule has 3 aromatic rings. The van der Waals surface area contributed by atoms with E-state index in [-0.39, 0.29) is 24.3 Å². The van der Waals surface area contributed by atoms with Crippen LogP contribution in [0.2, 0.25) is 0 Å². The minimum absolute atomic E-state index is 0.0689. The van der Waals surface area contributed by atoms with Crippen LogP contribution >= 0.6 is 0 Å². The summed E-state index contributed by atoms with van der Waals surface area (Å²) >= 11 is 0. The molecule has 3 atom stereocenters. The van der Waals surface area contributed by atoms with E-state index in [1.54, 1.807) is 47.0 Å². The number of carbonyl (C=O) groups excluding carboxylic acids is 1. The molecular formula is C25H34N4O5. The van der Waals surface area contributed by atoms with Gasteiger partial charge in [-0.3, -0.25) is 14.9 Å². The fraction of sp³-hybridized carbons (Fsp3) is 0.480. The van der Waals surface area contributed by atoms with Gasteiger partial charge in [0.15, 0.2) is 0 Å². The van der Waals surface area contributed by atoms with Crippen molar-refractivity contribution in [3.63, 3.8) is 0 Å². The number of pyridine rings is 1. The maximum atomic E-state index is 12.3. The molecule has 0 saturated carbocycles. The van der Waals surface area contributed by atoms with E-state index in [9.17, 15) is 19.8 Å². The lowest BCUT2D eigenvalue weighted by molar-refractivity contribution is -0.152. The molecule has 0 spiro atoms. The van der Waals surface area contributed by atoms with Crippen LogP contribution in [0.5, 0.6) is 0 Å². The lowest BCUT2D eigenvalue weighted by Gasteiger charge is -2.21. The molecule has 3 rings (SSSR count). The Kier molecular flexibility index (Phi) is 7.91. The van der Waals surface area contributed by atoms with E-state index in [2.05, 4.69) is 5.32 Å². The third-order valence-corrected chi connectivity index (χ3v) is 5.69. The van der Waals surface area contributed by atoms with Gasteiger partial charge in [0, 0.05) is 30.9 Å². The number of aliphatic hydroxyl groups is 2. The number of benzene rings is 1. The molecule has 0 aliphatic carbocycles. The summed E-state index contributed by atoms with van der Waals surface area (Å²) in [6.07, 6.45) is 0.552. The summed E-state index contributed by atoms with van der Waals surface area (Å²) < 4.78 is 8.73. The summed E-state index contributed by atoms with van der Waals surface area (Å²) in [5, 5.41) is 23.0. The van der Waals surface area contributed by atoms with Crippen molar-refractivity contribution >= 4 is 17.0 Å². The van der Waals surface area contributed by atoms with Gasteiger partial charge in [0.25, 0.3) is 5.56 Å². The van der Waals surface area contributed by atoms with Gasteiger partial charge < -0.3 is 24.1 Å². The number of nitrogens with zero attached hydrogens (tertiary/aromatic N) is 3. The lowest BCUT2D eigenvalue weighted by atomic mass is 10.1. The molecular weight excluding hydrogens is 436 g/mol. The molecule has 0 amide bonds. The molecule has 9 nitrogen and oxygen atoms in total. The fourth-order valence-electron chi connectivity index (χ4n) is 3.97. The minimum atomic E-state index is -0.917. The Morgan fingerprint density at radius 1 is 1.21 bits per heavy atom. The van der Waals surface area contributed by atoms with Crippen LogP contribution in [0.4, 0.5) is 0 Å². The highest BCUT2D eigenvalue weighted by atomic mass is 16.5. The van der Waals surface area contributed by atoms with E-state index >= 15 is 0 Å². The van der Waals surface area contributed by atoms with Gasteiger partial charge in [0.1, 0.15) is 11.9 Å². The summed E-state index contributed by atoms with van der Waals surface area (Å²) in [7, 11) is 1.70. The maximum Gasteiger partial charge on any atom is 0.326 e. The highest BCUT2D eigenvalue weighted by Crippen LogP contribution is 2.29. The van der Waals surface area contributed by atoms with Gasteiger partial charge >= 0.3 is 5.97 Å². The van der Waals surface area contributed by atoms with Crippen molar-refractivity contribution in [2.75, 3.05) is 6.61 Å². The third-order valence-electron chi connectivity index (χ3n) is 5.69. The Morgan fingerprint density at radius 3 is 2.50 bits per heavy atom. The summed E-state index contributed by atoms with van der Waals surface area (Å²) in [6, 6.07) is 6.48. The number of aromatic nitrogens is 3. The summed E-state index contributed by atoms with van der Waals surface area (Å²) in [4.78, 5) is 29.3. The molecule has 3 N–H and O–H groups in total. The van der Waals surface area contributed by atoms with Gasteiger partial charge in [-0.25, -0.2) is 4.98 Å². The van der Waals surface area contributed by atoms with Crippen LogP contribution in [0.3, 0.4) is 0 Å². The molecule has 0 unspecified atom stereocenters. The monoisotopic (exact) mass is 470 g/mol. The standard InChI is InChI=1S/C25H34N4O5/c1-14(2)34-25(33)22(17(5)31)26-11-18-7-8-21-20(10-18)27-23(29(21)16(4)13-30)19-9-15(3)24(32)28(6)12-19/h7-10,12,14,16-17,22,26,30-31H,11,13H2,1-6H3/t16-,17-,22+/m1/s1. The van der Waals surface area contributed by atoms with E-state index in [0.717, 1.165) is 22.2 Å². The van der Waals surface area contributed by atoms with Crippen molar-refractivity contribution in [2.45, 2.75) is 65.5 Å². The molecule has 184 valence electrons. The molecule has 9 heteroatoms. The molecule has 0 saturated heterocycles. The number of imidazole rings is 1. The number of ether oxygens (including phenoxy) is 1. The zero-order valence-electron chi connectivity index (χ0n) is 20.6. The predicted molar refractivity (Wildman–Crippen MR) is 130 cm³/mol. The summed E-state index contributed by atoms with van der Waals surface area (Å²) in [5.74, 6) is 0.155. The molecule has 0 aliphatic rings. The number of nitrogens with one attached hydrogen (secondary N) is 1. The predicted octanol–water partition coefficient (Wildman–Crippen LogP) is 2.05. The van der Waals surface area contributed by atoms with Crippen LogP contribution in [0.1, 0.15) is 44.9 Å². The van der Waals surface area contributed by atoms with Crippen LogP contribution in [0.15, 0.2) is 35.3 Å². The third kappa shape index (κ3) is 5.38. The highest BCUT2D eigenvalue weighted by Gasteiger charge is 2.26. The highest BCUT2D eigenvalue weighted by molar-refractivity contribution is 5.81. The SMILES string of the molecule is Cc1cc(-c2nc3cc(CN[C@H](C(=O)OC(C)C)[C@@H](C)O)ccc3n2[C@H](C)CO)cn(C)c1=O. The average Bonchev–Trinajstić information content (AvgIpc) is 3.14. The van der Waals surface area contributed by atoms with Crippen molar-refractivity contribution in [1.82, 2.24) is 19.4 Å². The smallest absolute Gasteiger partial charge is 0.326 e. The van der Waals surface area contributed by atoms with E-state index in [1.807, 2.05) is 29.7 Å². The van der Waals surface area contributed by atoms with Crippen molar-refractivity contribution in [3.05, 3.63) is 51.9 Å². The topological polar surface area (TPSA) is 119 Å². The van der Waals surface area contributed by atoms with Crippen LogP contribution in [-0.2, 0) is 23.1 Å². The van der Waals surface area contributed by atoms with Crippen molar-refractivity contribution in [1.29, 1.82) is 0 Å².